The lowest BCUT2D eigenvalue weighted by atomic mass is 10.2. The minimum atomic E-state index is 0. The number of unbranched alkanes of at least 4 members (excludes halogenated alkanes) is 3. The van der Waals surface area contributed by atoms with Crippen LogP contribution in [0, 0.1) is 5.92 Å². The fourth-order valence-electron chi connectivity index (χ4n) is 1.36. The third-order valence-electron chi connectivity index (χ3n) is 2.30. The van der Waals surface area contributed by atoms with Crippen molar-refractivity contribution in [2.24, 2.45) is 16.6 Å². The lowest BCUT2D eigenvalue weighted by Crippen LogP contribution is -2.34. The van der Waals surface area contributed by atoms with Crippen molar-refractivity contribution in [2.75, 3.05) is 26.3 Å². The van der Waals surface area contributed by atoms with Gasteiger partial charge in [0.05, 0.1) is 6.61 Å². The summed E-state index contributed by atoms with van der Waals surface area (Å²) in [4.78, 5) is 4.26. The summed E-state index contributed by atoms with van der Waals surface area (Å²) < 4.78 is 5.43. The molecule has 0 rings (SSSR count). The van der Waals surface area contributed by atoms with E-state index < -0.39 is 0 Å². The van der Waals surface area contributed by atoms with Crippen LogP contribution in [-0.2, 0) is 4.74 Å². The summed E-state index contributed by atoms with van der Waals surface area (Å²) >= 11 is 0. The maximum atomic E-state index is 5.71. The van der Waals surface area contributed by atoms with Gasteiger partial charge in [0.2, 0.25) is 0 Å². The predicted molar refractivity (Wildman–Crippen MR) is 89.7 cm³/mol. The summed E-state index contributed by atoms with van der Waals surface area (Å²) in [7, 11) is 0. The van der Waals surface area contributed by atoms with E-state index in [1.54, 1.807) is 0 Å². The highest BCUT2D eigenvalue weighted by molar-refractivity contribution is 14.0. The molecule has 0 aromatic rings. The Balaban J connectivity index is 0. The highest BCUT2D eigenvalue weighted by Crippen LogP contribution is 1.98. The second kappa shape index (κ2) is 15.0. The van der Waals surface area contributed by atoms with Gasteiger partial charge in [-0.1, -0.05) is 40.0 Å². The Labute approximate surface area is 129 Å². The van der Waals surface area contributed by atoms with Crippen molar-refractivity contribution in [1.29, 1.82) is 0 Å². The average Bonchev–Trinajstić information content (AvgIpc) is 2.28. The SMILES string of the molecule is CCCCCCN=C(N)NCCOCC(C)C.I. The van der Waals surface area contributed by atoms with E-state index in [0.29, 0.717) is 18.5 Å². The van der Waals surface area contributed by atoms with E-state index in [1.165, 1.54) is 19.3 Å². The zero-order chi connectivity index (χ0) is 12.9. The third kappa shape index (κ3) is 16.0. The number of hydrogen-bond donors (Lipinski definition) is 2. The van der Waals surface area contributed by atoms with Crippen molar-refractivity contribution in [1.82, 2.24) is 5.32 Å². The fraction of sp³-hybridized carbons (Fsp3) is 0.923. The molecule has 0 aromatic heterocycles. The van der Waals surface area contributed by atoms with Gasteiger partial charge in [-0.2, -0.15) is 0 Å². The molecule has 5 heteroatoms. The lowest BCUT2D eigenvalue weighted by molar-refractivity contribution is 0.114. The van der Waals surface area contributed by atoms with Crippen LogP contribution in [0.4, 0.5) is 0 Å². The summed E-state index contributed by atoms with van der Waals surface area (Å²) in [5.74, 6) is 1.12. The number of nitrogens with zero attached hydrogens (tertiary/aromatic N) is 1. The van der Waals surface area contributed by atoms with Crippen LogP contribution in [0.15, 0.2) is 4.99 Å². The van der Waals surface area contributed by atoms with Gasteiger partial charge in [0.15, 0.2) is 5.96 Å². The van der Waals surface area contributed by atoms with Crippen LogP contribution < -0.4 is 11.1 Å². The van der Waals surface area contributed by atoms with Crippen LogP contribution in [0.3, 0.4) is 0 Å². The first-order valence-electron chi connectivity index (χ1n) is 6.78. The quantitative estimate of drug-likeness (QED) is 0.269. The van der Waals surface area contributed by atoms with Gasteiger partial charge in [-0.15, -0.1) is 24.0 Å². The minimum Gasteiger partial charge on any atom is -0.379 e. The van der Waals surface area contributed by atoms with Crippen molar-refractivity contribution in [3.8, 4) is 0 Å². The maximum absolute atomic E-state index is 5.71. The Hall–Kier alpha value is -0.0400. The first-order chi connectivity index (χ1) is 8.16. The van der Waals surface area contributed by atoms with E-state index in [0.717, 1.165) is 26.1 Å². The summed E-state index contributed by atoms with van der Waals surface area (Å²) in [6.07, 6.45) is 4.90. The van der Waals surface area contributed by atoms with Crippen LogP contribution in [-0.4, -0.2) is 32.3 Å². The molecule has 0 heterocycles. The molecule has 4 nitrogen and oxygen atoms in total. The highest BCUT2D eigenvalue weighted by atomic mass is 127. The van der Waals surface area contributed by atoms with Crippen LogP contribution in [0.5, 0.6) is 0 Å². The molecule has 0 atom stereocenters. The molecule has 0 aliphatic heterocycles. The molecule has 0 unspecified atom stereocenters. The molecule has 0 fully saturated rings. The van der Waals surface area contributed by atoms with Gasteiger partial charge in [-0.05, 0) is 12.3 Å². The largest absolute Gasteiger partial charge is 0.379 e. The van der Waals surface area contributed by atoms with Crippen LogP contribution >= 0.6 is 24.0 Å². The maximum Gasteiger partial charge on any atom is 0.188 e. The van der Waals surface area contributed by atoms with Crippen molar-refractivity contribution >= 4 is 29.9 Å². The molecule has 0 aromatic carbocycles. The van der Waals surface area contributed by atoms with E-state index in [1.807, 2.05) is 0 Å². The number of halogens is 1. The fourth-order valence-corrected chi connectivity index (χ4v) is 1.36. The molecule has 0 aliphatic rings. The number of aliphatic imine (C=N–C) groups is 1. The molecular weight excluding hydrogens is 341 g/mol. The molecule has 0 amide bonds. The van der Waals surface area contributed by atoms with Gasteiger partial charge in [-0.25, -0.2) is 0 Å². The zero-order valence-electron chi connectivity index (χ0n) is 12.1. The Morgan fingerprint density at radius 3 is 2.61 bits per heavy atom. The topological polar surface area (TPSA) is 59.6 Å². The average molecular weight is 371 g/mol. The predicted octanol–water partition coefficient (Wildman–Crippen LogP) is 2.76. The number of hydrogen-bond acceptors (Lipinski definition) is 2. The molecule has 0 saturated heterocycles. The lowest BCUT2D eigenvalue weighted by Gasteiger charge is -2.08. The number of ether oxygens (including phenoxy) is 1. The molecule has 110 valence electrons. The second-order valence-corrected chi connectivity index (χ2v) is 4.72. The third-order valence-corrected chi connectivity index (χ3v) is 2.30. The van der Waals surface area contributed by atoms with Gasteiger partial charge in [0, 0.05) is 19.7 Å². The monoisotopic (exact) mass is 371 g/mol. The van der Waals surface area contributed by atoms with Crippen LogP contribution in [0.2, 0.25) is 0 Å². The Morgan fingerprint density at radius 1 is 1.28 bits per heavy atom. The molecule has 0 aliphatic carbocycles. The Bertz CT molecular complexity index is 199. The smallest absolute Gasteiger partial charge is 0.188 e. The number of nitrogens with one attached hydrogen (secondary N) is 1. The highest BCUT2D eigenvalue weighted by Gasteiger charge is 1.94. The van der Waals surface area contributed by atoms with Crippen LogP contribution in [0.25, 0.3) is 0 Å². The van der Waals surface area contributed by atoms with E-state index in [9.17, 15) is 0 Å². The summed E-state index contributed by atoms with van der Waals surface area (Å²) in [5, 5.41) is 3.05. The molecule has 0 spiro atoms. The minimum absolute atomic E-state index is 0. The van der Waals surface area contributed by atoms with Crippen molar-refractivity contribution < 1.29 is 4.74 Å². The molecule has 18 heavy (non-hydrogen) atoms. The first kappa shape index (κ1) is 20.3. The van der Waals surface area contributed by atoms with Crippen LogP contribution in [0.1, 0.15) is 46.5 Å². The summed E-state index contributed by atoms with van der Waals surface area (Å²) in [5.41, 5.74) is 5.71. The van der Waals surface area contributed by atoms with E-state index in [2.05, 4.69) is 31.1 Å². The summed E-state index contributed by atoms with van der Waals surface area (Å²) in [6.45, 7) is 9.53. The van der Waals surface area contributed by atoms with Gasteiger partial charge < -0.3 is 15.8 Å². The normalized spacial score (nSPS) is 11.4. The van der Waals surface area contributed by atoms with E-state index in [-0.39, 0.29) is 24.0 Å². The van der Waals surface area contributed by atoms with Gasteiger partial charge in [0.1, 0.15) is 0 Å². The molecule has 0 saturated carbocycles. The first-order valence-corrected chi connectivity index (χ1v) is 6.78. The second-order valence-electron chi connectivity index (χ2n) is 4.72. The van der Waals surface area contributed by atoms with Crippen molar-refractivity contribution in [3.63, 3.8) is 0 Å². The van der Waals surface area contributed by atoms with Gasteiger partial charge in [-0.3, -0.25) is 4.99 Å². The van der Waals surface area contributed by atoms with E-state index in [4.69, 9.17) is 10.5 Å². The van der Waals surface area contributed by atoms with Gasteiger partial charge >= 0.3 is 0 Å². The molecule has 3 N–H and O–H groups in total. The zero-order valence-corrected chi connectivity index (χ0v) is 14.4. The number of rotatable bonds is 10. The summed E-state index contributed by atoms with van der Waals surface area (Å²) in [6, 6.07) is 0. The Morgan fingerprint density at radius 2 is 2.00 bits per heavy atom. The number of nitrogens with two attached hydrogens (primary N) is 1. The molecule has 0 bridgehead atoms. The van der Waals surface area contributed by atoms with Crippen molar-refractivity contribution in [3.05, 3.63) is 0 Å². The van der Waals surface area contributed by atoms with E-state index >= 15 is 0 Å². The van der Waals surface area contributed by atoms with Gasteiger partial charge in [0.25, 0.3) is 0 Å². The number of guanidine groups is 1. The van der Waals surface area contributed by atoms with Crippen molar-refractivity contribution in [2.45, 2.75) is 46.5 Å². The standard InChI is InChI=1S/C13H29N3O.HI/c1-4-5-6-7-8-15-13(14)16-9-10-17-11-12(2)3;/h12H,4-11H2,1-3H3,(H3,14,15,16);1H. The molecule has 0 radical (unpaired) electrons. The Kier molecular flexibility index (Phi) is 16.9. The molecular formula is C13H30IN3O.